The molecule has 0 aliphatic carbocycles. The van der Waals surface area contributed by atoms with E-state index in [4.69, 9.17) is 9.47 Å². The van der Waals surface area contributed by atoms with E-state index in [9.17, 15) is 13.9 Å². The van der Waals surface area contributed by atoms with Gasteiger partial charge >= 0.3 is 0 Å². The Morgan fingerprint density at radius 2 is 2.04 bits per heavy atom. The lowest BCUT2D eigenvalue weighted by Gasteiger charge is -2.45. The topological polar surface area (TPSA) is 41.9 Å². The second-order valence-corrected chi connectivity index (χ2v) is 9.05. The van der Waals surface area contributed by atoms with Crippen LogP contribution in [-0.2, 0) is 27.9 Å². The molecular formula is C19H27F2NO3S. The minimum absolute atomic E-state index is 0.160. The molecule has 3 aliphatic rings. The van der Waals surface area contributed by atoms with Crippen LogP contribution in [0, 0.1) is 0 Å². The number of hydrogen-bond donors (Lipinski definition) is 1. The number of fused-ring (bicyclic) bond motifs is 2. The van der Waals surface area contributed by atoms with E-state index in [0.29, 0.717) is 19.8 Å². The number of aliphatic hydroxyl groups is 1. The summed E-state index contributed by atoms with van der Waals surface area (Å²) in [5.41, 5.74) is 0.139. The molecule has 4 nitrogen and oxygen atoms in total. The Balaban J connectivity index is 1.43. The molecule has 0 bridgehead atoms. The van der Waals surface area contributed by atoms with Crippen LogP contribution in [0.15, 0.2) is 6.07 Å². The zero-order chi connectivity index (χ0) is 18.2. The Labute approximate surface area is 157 Å². The lowest BCUT2D eigenvalue weighted by Crippen LogP contribution is -2.53. The predicted octanol–water partition coefficient (Wildman–Crippen LogP) is 2.96. The third kappa shape index (κ3) is 3.83. The van der Waals surface area contributed by atoms with Gasteiger partial charge in [-0.15, -0.1) is 11.3 Å². The van der Waals surface area contributed by atoms with E-state index >= 15 is 0 Å². The summed E-state index contributed by atoms with van der Waals surface area (Å²) in [5.74, 6) is 0. The van der Waals surface area contributed by atoms with E-state index in [-0.39, 0.29) is 12.0 Å². The van der Waals surface area contributed by atoms with E-state index in [2.05, 4.69) is 4.90 Å². The number of hydrogen-bond acceptors (Lipinski definition) is 5. The van der Waals surface area contributed by atoms with Gasteiger partial charge in [0.25, 0.3) is 0 Å². The maximum Gasteiger partial charge on any atom is 0.243 e. The van der Waals surface area contributed by atoms with Gasteiger partial charge in [0.2, 0.25) is 6.43 Å². The van der Waals surface area contributed by atoms with Crippen molar-refractivity contribution in [2.75, 3.05) is 39.5 Å². The van der Waals surface area contributed by atoms with E-state index in [0.717, 1.165) is 56.7 Å². The molecule has 1 spiro atoms. The average Bonchev–Trinajstić information content (AvgIpc) is 3.01. The number of ether oxygens (including phenoxy) is 2. The summed E-state index contributed by atoms with van der Waals surface area (Å²) in [6.45, 7) is 4.15. The molecule has 3 aliphatic heterocycles. The van der Waals surface area contributed by atoms with Gasteiger partial charge in [0, 0.05) is 42.4 Å². The standard InChI is InChI=1S/C19H27F2NO3S/c20-16(21)11-15-10-14-2-9-25-19(17(14)26-15)4-6-22(7-5-19)12-18(23)3-1-8-24-13-18/h10,16,23H,1-9,11-13H2. The minimum Gasteiger partial charge on any atom is -0.386 e. The molecule has 1 atom stereocenters. The largest absolute Gasteiger partial charge is 0.386 e. The number of likely N-dealkylation sites (tertiary alicyclic amines) is 1. The molecule has 146 valence electrons. The van der Waals surface area contributed by atoms with Crippen molar-refractivity contribution in [3.8, 4) is 0 Å². The highest BCUT2D eigenvalue weighted by Gasteiger charge is 2.43. The van der Waals surface area contributed by atoms with Crippen molar-refractivity contribution in [1.82, 2.24) is 4.90 Å². The summed E-state index contributed by atoms with van der Waals surface area (Å²) < 4.78 is 37.2. The minimum atomic E-state index is -2.30. The van der Waals surface area contributed by atoms with Crippen LogP contribution in [0.3, 0.4) is 0 Å². The summed E-state index contributed by atoms with van der Waals surface area (Å²) in [6.07, 6.45) is 1.76. The van der Waals surface area contributed by atoms with Gasteiger partial charge in [-0.1, -0.05) is 0 Å². The Bertz CT molecular complexity index is 622. The summed E-state index contributed by atoms with van der Waals surface area (Å²) in [6, 6.07) is 1.96. The van der Waals surface area contributed by atoms with Crippen molar-refractivity contribution in [1.29, 1.82) is 0 Å². The van der Waals surface area contributed by atoms with Crippen molar-refractivity contribution in [2.45, 2.75) is 56.2 Å². The molecule has 26 heavy (non-hydrogen) atoms. The van der Waals surface area contributed by atoms with Gasteiger partial charge in [-0.3, -0.25) is 0 Å². The molecule has 2 fully saturated rings. The number of alkyl halides is 2. The molecule has 0 amide bonds. The Hall–Kier alpha value is -0.600. The maximum atomic E-state index is 12.8. The van der Waals surface area contributed by atoms with Crippen LogP contribution >= 0.6 is 11.3 Å². The molecule has 7 heteroatoms. The Morgan fingerprint density at radius 3 is 2.73 bits per heavy atom. The van der Waals surface area contributed by atoms with Crippen LogP contribution in [0.25, 0.3) is 0 Å². The van der Waals surface area contributed by atoms with E-state index < -0.39 is 12.0 Å². The third-order valence-electron chi connectivity index (χ3n) is 5.86. The molecule has 4 rings (SSSR count). The summed E-state index contributed by atoms with van der Waals surface area (Å²) in [5, 5.41) is 10.7. The number of β-amino-alcohol motifs (C(OH)–C–C–N with tert-alkyl or cyclic N) is 1. The first-order chi connectivity index (χ1) is 12.5. The van der Waals surface area contributed by atoms with Gasteiger partial charge in [0.1, 0.15) is 11.2 Å². The van der Waals surface area contributed by atoms with Crippen molar-refractivity contribution in [2.24, 2.45) is 0 Å². The van der Waals surface area contributed by atoms with Crippen LogP contribution in [0.1, 0.15) is 41.0 Å². The second kappa shape index (κ2) is 7.43. The first-order valence-electron chi connectivity index (χ1n) is 9.55. The summed E-state index contributed by atoms with van der Waals surface area (Å²) in [7, 11) is 0. The number of nitrogens with zero attached hydrogens (tertiary/aromatic N) is 1. The zero-order valence-corrected chi connectivity index (χ0v) is 15.8. The molecule has 1 N–H and O–H groups in total. The molecule has 1 unspecified atom stereocenters. The fourth-order valence-corrected chi connectivity index (χ4v) is 5.97. The smallest absolute Gasteiger partial charge is 0.243 e. The average molecular weight is 387 g/mol. The van der Waals surface area contributed by atoms with Crippen LogP contribution < -0.4 is 0 Å². The maximum absolute atomic E-state index is 12.8. The molecule has 1 aromatic heterocycles. The van der Waals surface area contributed by atoms with Crippen molar-refractivity contribution < 1.29 is 23.4 Å². The van der Waals surface area contributed by atoms with Crippen molar-refractivity contribution >= 4 is 11.3 Å². The molecule has 2 saturated heterocycles. The molecule has 0 saturated carbocycles. The third-order valence-corrected chi connectivity index (χ3v) is 7.25. The van der Waals surface area contributed by atoms with Gasteiger partial charge in [0.05, 0.1) is 13.2 Å². The SMILES string of the molecule is OC1(CN2CCC3(CC2)OCCc2cc(CC(F)F)sc23)CCCOC1. The van der Waals surface area contributed by atoms with Gasteiger partial charge in [0.15, 0.2) is 0 Å². The number of thiophene rings is 1. The Morgan fingerprint density at radius 1 is 1.23 bits per heavy atom. The van der Waals surface area contributed by atoms with Gasteiger partial charge in [-0.25, -0.2) is 8.78 Å². The molecule has 1 aromatic rings. The highest BCUT2D eigenvalue weighted by atomic mass is 32.1. The lowest BCUT2D eigenvalue weighted by molar-refractivity contribution is -0.125. The molecule has 0 radical (unpaired) electrons. The quantitative estimate of drug-likeness (QED) is 0.863. The molecule has 0 aromatic carbocycles. The van der Waals surface area contributed by atoms with Crippen LogP contribution in [-0.4, -0.2) is 61.5 Å². The number of rotatable bonds is 4. The first-order valence-corrected chi connectivity index (χ1v) is 10.4. The summed E-state index contributed by atoms with van der Waals surface area (Å²) >= 11 is 1.51. The second-order valence-electron chi connectivity index (χ2n) is 7.91. The van der Waals surface area contributed by atoms with E-state index in [1.54, 1.807) is 0 Å². The monoisotopic (exact) mass is 387 g/mol. The predicted molar refractivity (Wildman–Crippen MR) is 96.0 cm³/mol. The molecular weight excluding hydrogens is 360 g/mol. The number of piperidine rings is 1. The van der Waals surface area contributed by atoms with Crippen LogP contribution in [0.2, 0.25) is 0 Å². The van der Waals surface area contributed by atoms with Gasteiger partial charge in [-0.2, -0.15) is 0 Å². The Kier molecular flexibility index (Phi) is 5.36. The van der Waals surface area contributed by atoms with E-state index in [1.165, 1.54) is 21.8 Å². The van der Waals surface area contributed by atoms with Gasteiger partial charge in [-0.05, 0) is 43.7 Å². The van der Waals surface area contributed by atoms with Crippen LogP contribution in [0.5, 0.6) is 0 Å². The fourth-order valence-electron chi connectivity index (χ4n) is 4.55. The highest BCUT2D eigenvalue weighted by Crippen LogP contribution is 2.46. The first kappa shape index (κ1) is 18.7. The van der Waals surface area contributed by atoms with Gasteiger partial charge < -0.3 is 19.5 Å². The van der Waals surface area contributed by atoms with Crippen LogP contribution in [0.4, 0.5) is 8.78 Å². The molecule has 4 heterocycles. The highest BCUT2D eigenvalue weighted by molar-refractivity contribution is 7.12. The lowest BCUT2D eigenvalue weighted by atomic mass is 9.84. The summed E-state index contributed by atoms with van der Waals surface area (Å²) in [4.78, 5) is 4.23. The van der Waals surface area contributed by atoms with Crippen molar-refractivity contribution in [3.63, 3.8) is 0 Å². The number of halogens is 2. The zero-order valence-electron chi connectivity index (χ0n) is 15.0. The van der Waals surface area contributed by atoms with Crippen molar-refractivity contribution in [3.05, 3.63) is 21.4 Å². The fraction of sp³-hybridized carbons (Fsp3) is 0.789. The van der Waals surface area contributed by atoms with E-state index in [1.807, 2.05) is 6.07 Å². The normalized spacial score (nSPS) is 29.2.